The van der Waals surface area contributed by atoms with E-state index in [4.69, 9.17) is 0 Å². The van der Waals surface area contributed by atoms with Gasteiger partial charge in [0.15, 0.2) is 0 Å². The third-order valence-electron chi connectivity index (χ3n) is 2.06. The van der Waals surface area contributed by atoms with Crippen LogP contribution in [-0.2, 0) is 17.4 Å². The summed E-state index contributed by atoms with van der Waals surface area (Å²) in [6.07, 6.45) is -10.5. The fraction of sp³-hybridized carbons (Fsp3) is 0.364. The molecule has 0 saturated carbocycles. The predicted octanol–water partition coefficient (Wildman–Crippen LogP) is 3.74. The largest absolute Gasteiger partial charge is 0.573 e. The fourth-order valence-corrected chi connectivity index (χ4v) is 1.44. The number of Topliss-reactive ketones (excluding diaryl/α,β-unsaturated/α-hetero) is 1. The first-order valence-electron chi connectivity index (χ1n) is 4.94. The van der Waals surface area contributed by atoms with Gasteiger partial charge in [-0.25, -0.2) is 0 Å². The Bertz CT molecular complexity index is 475. The van der Waals surface area contributed by atoms with Gasteiger partial charge < -0.3 is 4.74 Å². The molecule has 8 heteroatoms. The maximum Gasteiger partial charge on any atom is 0.573 e. The summed E-state index contributed by atoms with van der Waals surface area (Å²) in [5.41, 5.74) is -1.71. The second kappa shape index (κ2) is 5.10. The molecule has 1 rings (SSSR count). The average molecular weight is 286 g/mol. The van der Waals surface area contributed by atoms with Gasteiger partial charge in [0.2, 0.25) is 0 Å². The summed E-state index contributed by atoms with van der Waals surface area (Å²) in [7, 11) is 0. The van der Waals surface area contributed by atoms with Crippen molar-refractivity contribution in [3.63, 3.8) is 0 Å². The number of halogens is 6. The Kier molecular flexibility index (Phi) is 4.12. The van der Waals surface area contributed by atoms with Crippen molar-refractivity contribution in [1.82, 2.24) is 0 Å². The van der Waals surface area contributed by atoms with E-state index in [0.717, 1.165) is 19.1 Å². The van der Waals surface area contributed by atoms with E-state index in [-0.39, 0.29) is 6.07 Å². The first-order valence-corrected chi connectivity index (χ1v) is 4.94. The highest BCUT2D eigenvalue weighted by Crippen LogP contribution is 2.36. The Hall–Kier alpha value is -1.73. The molecule has 106 valence electrons. The SMILES string of the molecule is CC(=O)Cc1ccc(OC(F)(F)F)cc1C(F)(F)F. The van der Waals surface area contributed by atoms with E-state index in [1.54, 1.807) is 0 Å². The molecule has 0 saturated heterocycles. The lowest BCUT2D eigenvalue weighted by Crippen LogP contribution is -2.18. The molecule has 0 aromatic heterocycles. The number of benzene rings is 1. The molecule has 0 bridgehead atoms. The molecular formula is C11H8F6O2. The van der Waals surface area contributed by atoms with Crippen molar-refractivity contribution in [3.8, 4) is 5.75 Å². The quantitative estimate of drug-likeness (QED) is 0.791. The van der Waals surface area contributed by atoms with Crippen LogP contribution >= 0.6 is 0 Å². The molecule has 19 heavy (non-hydrogen) atoms. The number of alkyl halides is 6. The molecule has 0 amide bonds. The first kappa shape index (κ1) is 15.3. The Morgan fingerprint density at radius 1 is 1.16 bits per heavy atom. The Labute approximate surface area is 104 Å². The molecule has 0 aliphatic carbocycles. The molecule has 0 fully saturated rings. The van der Waals surface area contributed by atoms with Crippen LogP contribution in [-0.4, -0.2) is 12.1 Å². The monoisotopic (exact) mass is 286 g/mol. The van der Waals surface area contributed by atoms with Crippen LogP contribution in [0.25, 0.3) is 0 Å². The second-order valence-electron chi connectivity index (χ2n) is 3.74. The molecule has 0 radical (unpaired) electrons. The topological polar surface area (TPSA) is 26.3 Å². The third kappa shape index (κ3) is 4.80. The highest BCUT2D eigenvalue weighted by Gasteiger charge is 2.36. The zero-order valence-corrected chi connectivity index (χ0v) is 9.52. The van der Waals surface area contributed by atoms with E-state index >= 15 is 0 Å². The molecule has 0 heterocycles. The number of rotatable bonds is 3. The van der Waals surface area contributed by atoms with Crippen molar-refractivity contribution < 1.29 is 35.9 Å². The van der Waals surface area contributed by atoms with E-state index in [1.165, 1.54) is 0 Å². The van der Waals surface area contributed by atoms with E-state index < -0.39 is 41.6 Å². The molecule has 0 N–H and O–H groups in total. The summed E-state index contributed by atoms with van der Waals surface area (Å²) in [5.74, 6) is -1.51. The predicted molar refractivity (Wildman–Crippen MR) is 52.5 cm³/mol. The summed E-state index contributed by atoms with van der Waals surface area (Å²) in [6, 6.07) is 1.76. The molecule has 0 atom stereocenters. The standard InChI is InChI=1S/C11H8F6O2/c1-6(18)4-7-2-3-8(19-11(15,16)17)5-9(7)10(12,13)14/h2-3,5H,4H2,1H3. The van der Waals surface area contributed by atoms with Gasteiger partial charge in [-0.1, -0.05) is 6.07 Å². The molecule has 2 nitrogen and oxygen atoms in total. The van der Waals surface area contributed by atoms with Gasteiger partial charge in [-0.2, -0.15) is 13.2 Å². The zero-order chi connectivity index (χ0) is 14.8. The van der Waals surface area contributed by atoms with Crippen LogP contribution in [0.15, 0.2) is 18.2 Å². The molecule has 0 spiro atoms. The van der Waals surface area contributed by atoms with Gasteiger partial charge in [0, 0.05) is 6.42 Å². The Balaban J connectivity index is 3.19. The van der Waals surface area contributed by atoms with E-state index in [2.05, 4.69) is 4.74 Å². The van der Waals surface area contributed by atoms with Gasteiger partial charge in [0.25, 0.3) is 0 Å². The molecule has 0 aliphatic heterocycles. The van der Waals surface area contributed by atoms with Crippen LogP contribution in [0, 0.1) is 0 Å². The maximum absolute atomic E-state index is 12.7. The second-order valence-corrected chi connectivity index (χ2v) is 3.74. The van der Waals surface area contributed by atoms with Gasteiger partial charge in [-0.3, -0.25) is 4.79 Å². The number of ketones is 1. The number of carbonyl (C=O) groups excluding carboxylic acids is 1. The normalized spacial score (nSPS) is 12.4. The molecule has 1 aromatic carbocycles. The lowest BCUT2D eigenvalue weighted by Gasteiger charge is -2.15. The third-order valence-corrected chi connectivity index (χ3v) is 2.06. The minimum atomic E-state index is -5.08. The van der Waals surface area contributed by atoms with Gasteiger partial charge in [0.1, 0.15) is 11.5 Å². The number of hydrogen-bond donors (Lipinski definition) is 0. The minimum absolute atomic E-state index is 0.228. The Morgan fingerprint density at radius 2 is 1.74 bits per heavy atom. The van der Waals surface area contributed by atoms with Crippen LogP contribution in [0.3, 0.4) is 0 Å². The van der Waals surface area contributed by atoms with Crippen molar-refractivity contribution in [1.29, 1.82) is 0 Å². The van der Waals surface area contributed by atoms with Gasteiger partial charge in [-0.15, -0.1) is 13.2 Å². The molecule has 0 unspecified atom stereocenters. The van der Waals surface area contributed by atoms with Crippen molar-refractivity contribution in [2.24, 2.45) is 0 Å². The van der Waals surface area contributed by atoms with Gasteiger partial charge >= 0.3 is 12.5 Å². The summed E-state index contributed by atoms with van der Waals surface area (Å²) < 4.78 is 77.2. The zero-order valence-electron chi connectivity index (χ0n) is 9.52. The summed E-state index contributed by atoms with van der Waals surface area (Å²) in [6.45, 7) is 1.08. The van der Waals surface area contributed by atoms with Crippen LogP contribution in [0.2, 0.25) is 0 Å². The molecule has 0 aliphatic rings. The summed E-state index contributed by atoms with van der Waals surface area (Å²) >= 11 is 0. The average Bonchev–Trinajstić information content (AvgIpc) is 2.15. The van der Waals surface area contributed by atoms with Gasteiger partial charge in [0.05, 0.1) is 5.56 Å². The molecular weight excluding hydrogens is 278 g/mol. The maximum atomic E-state index is 12.7. The first-order chi connectivity index (χ1) is 8.49. The number of hydrogen-bond acceptors (Lipinski definition) is 2. The van der Waals surface area contributed by atoms with E-state index in [9.17, 15) is 31.1 Å². The Morgan fingerprint density at radius 3 is 2.16 bits per heavy atom. The number of carbonyl (C=O) groups is 1. The smallest absolute Gasteiger partial charge is 0.406 e. The van der Waals surface area contributed by atoms with Crippen LogP contribution < -0.4 is 4.74 Å². The highest BCUT2D eigenvalue weighted by atomic mass is 19.4. The number of ether oxygens (including phenoxy) is 1. The lowest BCUT2D eigenvalue weighted by molar-refractivity contribution is -0.274. The van der Waals surface area contributed by atoms with Crippen molar-refractivity contribution in [3.05, 3.63) is 29.3 Å². The van der Waals surface area contributed by atoms with Gasteiger partial charge in [-0.05, 0) is 24.6 Å². The highest BCUT2D eigenvalue weighted by molar-refractivity contribution is 5.78. The lowest BCUT2D eigenvalue weighted by atomic mass is 10.0. The van der Waals surface area contributed by atoms with Crippen molar-refractivity contribution >= 4 is 5.78 Å². The van der Waals surface area contributed by atoms with E-state index in [1.807, 2.05) is 0 Å². The summed E-state index contributed by atoms with van der Waals surface area (Å²) in [5, 5.41) is 0. The van der Waals surface area contributed by atoms with Crippen molar-refractivity contribution in [2.45, 2.75) is 25.9 Å². The van der Waals surface area contributed by atoms with Crippen LogP contribution in [0.1, 0.15) is 18.1 Å². The van der Waals surface area contributed by atoms with E-state index in [0.29, 0.717) is 0 Å². The van der Waals surface area contributed by atoms with Crippen LogP contribution in [0.5, 0.6) is 5.75 Å². The van der Waals surface area contributed by atoms with Crippen molar-refractivity contribution in [2.75, 3.05) is 0 Å². The molecule has 1 aromatic rings. The minimum Gasteiger partial charge on any atom is -0.406 e. The summed E-state index contributed by atoms with van der Waals surface area (Å²) in [4.78, 5) is 10.8. The fourth-order valence-electron chi connectivity index (χ4n) is 1.44. The van der Waals surface area contributed by atoms with Crippen LogP contribution in [0.4, 0.5) is 26.3 Å².